The van der Waals surface area contributed by atoms with Gasteiger partial charge in [0.1, 0.15) is 11.3 Å². The maximum absolute atomic E-state index is 14.3. The fourth-order valence-corrected chi connectivity index (χ4v) is 7.87. The van der Waals surface area contributed by atoms with Gasteiger partial charge in [0, 0.05) is 32.3 Å². The van der Waals surface area contributed by atoms with Gasteiger partial charge in [0.15, 0.2) is 0 Å². The third-order valence-electron chi connectivity index (χ3n) is 10.2. The second-order valence-electron chi connectivity index (χ2n) is 12.9. The van der Waals surface area contributed by atoms with Crippen molar-refractivity contribution in [2.24, 2.45) is 0 Å². The second-order valence-corrected chi connectivity index (χ2v) is 12.9. The van der Waals surface area contributed by atoms with E-state index < -0.39 is 11.9 Å². The summed E-state index contributed by atoms with van der Waals surface area (Å²) in [7, 11) is 2.70. The minimum Gasteiger partial charge on any atom is -0.465 e. The van der Waals surface area contributed by atoms with Gasteiger partial charge in [-0.2, -0.15) is 0 Å². The van der Waals surface area contributed by atoms with E-state index in [-0.39, 0.29) is 11.1 Å². The zero-order valence-corrected chi connectivity index (χ0v) is 27.2. The largest absolute Gasteiger partial charge is 0.465 e. The quantitative estimate of drug-likeness (QED) is 0.147. The van der Waals surface area contributed by atoms with Crippen molar-refractivity contribution < 1.29 is 19.1 Å². The highest BCUT2D eigenvalue weighted by Crippen LogP contribution is 2.38. The van der Waals surface area contributed by atoms with Crippen molar-refractivity contribution in [3.8, 4) is 0 Å². The van der Waals surface area contributed by atoms with Crippen molar-refractivity contribution in [2.75, 3.05) is 14.2 Å². The van der Waals surface area contributed by atoms with E-state index in [1.165, 1.54) is 14.2 Å². The average molecular weight is 657 g/mol. The van der Waals surface area contributed by atoms with Gasteiger partial charge in [-0.1, -0.05) is 12.1 Å². The highest BCUT2D eigenvalue weighted by Gasteiger charge is 2.23. The molecule has 0 spiro atoms. The Bertz CT molecular complexity index is 3120. The number of pyridine rings is 2. The summed E-state index contributed by atoms with van der Waals surface area (Å²) in [6.45, 7) is 3.71. The Morgan fingerprint density at radius 2 is 0.920 bits per heavy atom. The number of carbonyl (C=O) groups excluding carboxylic acids is 2. The third-order valence-corrected chi connectivity index (χ3v) is 10.2. The molecule has 6 aromatic carbocycles. The number of esters is 2. The molecule has 0 atom stereocenters. The second kappa shape index (κ2) is 9.48. The van der Waals surface area contributed by atoms with Crippen molar-refractivity contribution in [3.05, 3.63) is 116 Å². The van der Waals surface area contributed by atoms with Crippen molar-refractivity contribution in [2.45, 2.75) is 13.8 Å². The molecule has 10 rings (SSSR count). The molecule has 0 radical (unpaired) electrons. The Labute approximate surface area is 280 Å². The van der Waals surface area contributed by atoms with Gasteiger partial charge in [-0.3, -0.25) is 18.4 Å². The van der Waals surface area contributed by atoms with Gasteiger partial charge in [0.25, 0.3) is 11.1 Å². The van der Waals surface area contributed by atoms with Crippen LogP contribution in [0, 0.1) is 13.8 Å². The first-order chi connectivity index (χ1) is 24.2. The molecule has 0 aliphatic rings. The molecule has 0 N–H and O–H groups in total. The van der Waals surface area contributed by atoms with Crippen LogP contribution in [0.1, 0.15) is 31.8 Å². The SMILES string of the molecule is COC(=O)c1cc2cc3c(cc2cc1C)nc1c2ccc4c(=O)n5c6cc7cc(C(=O)OC)c(C)cc7cc6nc5c5ccc(c(=O)n31)c2c45. The van der Waals surface area contributed by atoms with E-state index in [4.69, 9.17) is 19.4 Å². The normalized spacial score (nSPS) is 12.3. The van der Waals surface area contributed by atoms with Crippen LogP contribution < -0.4 is 11.1 Å². The maximum Gasteiger partial charge on any atom is 0.338 e. The molecule has 0 unspecified atom stereocenters. The fraction of sp³-hybridized carbons (Fsp3) is 0.100. The summed E-state index contributed by atoms with van der Waals surface area (Å²) in [6.07, 6.45) is 0. The van der Waals surface area contributed by atoms with Crippen LogP contribution in [0.15, 0.2) is 82.4 Å². The molecule has 0 amide bonds. The van der Waals surface area contributed by atoms with Crippen molar-refractivity contribution in [1.82, 2.24) is 18.8 Å². The summed E-state index contributed by atoms with van der Waals surface area (Å²) in [4.78, 5) is 63.5. The van der Waals surface area contributed by atoms with E-state index in [0.29, 0.717) is 66.0 Å². The number of rotatable bonds is 2. The third kappa shape index (κ3) is 3.46. The van der Waals surface area contributed by atoms with E-state index in [2.05, 4.69) is 0 Å². The molecule has 240 valence electrons. The van der Waals surface area contributed by atoms with Crippen LogP contribution >= 0.6 is 0 Å². The Morgan fingerprint density at radius 3 is 1.32 bits per heavy atom. The number of carbonyl (C=O) groups is 2. The molecule has 0 saturated heterocycles. The number of methoxy groups -OCH3 is 2. The summed E-state index contributed by atoms with van der Waals surface area (Å²) in [6, 6.07) is 22.3. The monoisotopic (exact) mass is 656 g/mol. The van der Waals surface area contributed by atoms with Crippen molar-refractivity contribution in [3.63, 3.8) is 0 Å². The molecule has 0 saturated carbocycles. The molecule has 50 heavy (non-hydrogen) atoms. The van der Waals surface area contributed by atoms with E-state index in [1.807, 2.05) is 62.4 Å². The first-order valence-corrected chi connectivity index (χ1v) is 16.0. The van der Waals surface area contributed by atoms with Crippen LogP contribution in [0.25, 0.3) is 87.2 Å². The highest BCUT2D eigenvalue weighted by atomic mass is 16.5. The number of nitrogens with zero attached hydrogens (tertiary/aromatic N) is 4. The molecule has 0 aliphatic carbocycles. The Balaban J connectivity index is 1.30. The molecule has 10 aromatic rings. The van der Waals surface area contributed by atoms with Gasteiger partial charge in [0.2, 0.25) is 0 Å². The number of imidazole rings is 2. The zero-order valence-electron chi connectivity index (χ0n) is 27.2. The summed E-state index contributed by atoms with van der Waals surface area (Å²) < 4.78 is 13.2. The van der Waals surface area contributed by atoms with Crippen molar-refractivity contribution in [1.29, 1.82) is 0 Å². The number of ether oxygens (including phenoxy) is 2. The number of aromatic nitrogens is 4. The predicted octanol–water partition coefficient (Wildman–Crippen LogP) is 6.84. The standard InChI is InChI=1S/C40H24N4O6/c1-17-9-19-13-29-31(15-21(19)11-27(17)39(47)49-3)43-35(41-29)23-5-7-26-34-24(6-8-25(33(23)34)37(43)45)36-42-30-14-20-10-18(2)28(40(48)50-4)12-22(20)16-32(30)44(36)38(26)46/h5-16H,1-4H3. The van der Waals surface area contributed by atoms with Crippen LogP contribution in [0.5, 0.6) is 0 Å². The van der Waals surface area contributed by atoms with E-state index in [1.54, 1.807) is 33.1 Å². The van der Waals surface area contributed by atoms with Crippen LogP contribution in [0.3, 0.4) is 0 Å². The molecule has 0 aliphatic heterocycles. The van der Waals surface area contributed by atoms with Gasteiger partial charge in [-0.15, -0.1) is 0 Å². The Morgan fingerprint density at radius 1 is 0.540 bits per heavy atom. The minimum atomic E-state index is -0.427. The first kappa shape index (κ1) is 28.3. The smallest absolute Gasteiger partial charge is 0.338 e. The van der Waals surface area contributed by atoms with Crippen LogP contribution in [0.2, 0.25) is 0 Å². The van der Waals surface area contributed by atoms with Crippen molar-refractivity contribution >= 4 is 99.2 Å². The van der Waals surface area contributed by atoms with Gasteiger partial charge >= 0.3 is 11.9 Å². The fourth-order valence-electron chi connectivity index (χ4n) is 7.87. The average Bonchev–Trinajstić information content (AvgIpc) is 3.68. The lowest BCUT2D eigenvalue weighted by molar-refractivity contribution is 0.0591. The van der Waals surface area contributed by atoms with Crippen LogP contribution in [-0.2, 0) is 9.47 Å². The summed E-state index contributed by atoms with van der Waals surface area (Å²) in [5.74, 6) is -0.854. The molecule has 10 nitrogen and oxygen atoms in total. The lowest BCUT2D eigenvalue weighted by atomic mass is 9.96. The lowest BCUT2D eigenvalue weighted by Crippen LogP contribution is -2.16. The lowest BCUT2D eigenvalue weighted by Gasteiger charge is -2.12. The van der Waals surface area contributed by atoms with Gasteiger partial charge in [-0.25, -0.2) is 19.6 Å². The summed E-state index contributed by atoms with van der Waals surface area (Å²) in [5, 5.41) is 7.05. The molecular weight excluding hydrogens is 632 g/mol. The summed E-state index contributed by atoms with van der Waals surface area (Å²) in [5.41, 5.74) is 5.43. The van der Waals surface area contributed by atoms with E-state index in [9.17, 15) is 19.2 Å². The Kier molecular flexibility index (Phi) is 5.37. The number of benzene rings is 6. The van der Waals surface area contributed by atoms with Crippen LogP contribution in [-0.4, -0.2) is 44.9 Å². The van der Waals surface area contributed by atoms with Gasteiger partial charge in [0.05, 0.1) is 47.4 Å². The molecular formula is C40H24N4O6. The number of aryl methyl sites for hydroxylation is 2. The molecule has 10 heteroatoms. The topological polar surface area (TPSA) is 121 Å². The molecule has 4 aromatic heterocycles. The zero-order chi connectivity index (χ0) is 34.3. The first-order valence-electron chi connectivity index (χ1n) is 16.0. The van der Waals surface area contributed by atoms with E-state index >= 15 is 0 Å². The number of fused-ring (bicyclic) bond motifs is 10. The van der Waals surface area contributed by atoms with E-state index in [0.717, 1.165) is 43.4 Å². The Hall–Kier alpha value is -6.68. The molecule has 0 fully saturated rings. The van der Waals surface area contributed by atoms with Gasteiger partial charge in [-0.05, 0) is 107 Å². The highest BCUT2D eigenvalue weighted by molar-refractivity contribution is 6.28. The van der Waals surface area contributed by atoms with Gasteiger partial charge < -0.3 is 9.47 Å². The number of hydrogen-bond donors (Lipinski definition) is 0. The predicted molar refractivity (Wildman–Crippen MR) is 194 cm³/mol. The molecule has 0 bridgehead atoms. The minimum absolute atomic E-state index is 0.257. The summed E-state index contributed by atoms with van der Waals surface area (Å²) >= 11 is 0. The van der Waals surface area contributed by atoms with Crippen LogP contribution in [0.4, 0.5) is 0 Å². The maximum atomic E-state index is 14.3. The number of hydrogen-bond acceptors (Lipinski definition) is 8. The molecule has 4 heterocycles.